The number of methoxy groups -OCH3 is 3. The van der Waals surface area contributed by atoms with Gasteiger partial charge in [-0.15, -0.1) is 0 Å². The molecule has 0 fully saturated rings. The van der Waals surface area contributed by atoms with Gasteiger partial charge >= 0.3 is 0 Å². The highest BCUT2D eigenvalue weighted by molar-refractivity contribution is 5.92. The van der Waals surface area contributed by atoms with Gasteiger partial charge in [0.1, 0.15) is 17.2 Å². The van der Waals surface area contributed by atoms with Gasteiger partial charge in [-0.1, -0.05) is 19.1 Å². The Morgan fingerprint density at radius 3 is 2.28 bits per heavy atom. The van der Waals surface area contributed by atoms with E-state index in [2.05, 4.69) is 29.4 Å². The Hall–Kier alpha value is -2.89. The van der Waals surface area contributed by atoms with Crippen molar-refractivity contribution in [3.63, 3.8) is 0 Å². The number of hydrogen-bond donors (Lipinski definition) is 2. The molecule has 2 rings (SSSR count). The van der Waals surface area contributed by atoms with Gasteiger partial charge in [-0.25, -0.2) is 4.99 Å². The maximum absolute atomic E-state index is 6.02. The molecule has 0 saturated heterocycles. The highest BCUT2D eigenvalue weighted by atomic mass is 16.5. The summed E-state index contributed by atoms with van der Waals surface area (Å²) in [6.45, 7) is 2.43. The summed E-state index contributed by atoms with van der Waals surface area (Å²) < 4.78 is 16.1. The number of nitrogens with zero attached hydrogens (tertiary/aromatic N) is 1. The van der Waals surface area contributed by atoms with Crippen molar-refractivity contribution in [2.45, 2.75) is 19.9 Å². The van der Waals surface area contributed by atoms with Crippen LogP contribution >= 0.6 is 0 Å². The predicted molar refractivity (Wildman–Crippen MR) is 101 cm³/mol. The van der Waals surface area contributed by atoms with Crippen LogP contribution in [0.4, 0.5) is 5.69 Å². The summed E-state index contributed by atoms with van der Waals surface area (Å²) in [6, 6.07) is 11.7. The number of aliphatic imine (C=N–C) groups is 1. The van der Waals surface area contributed by atoms with Gasteiger partial charge in [-0.2, -0.15) is 0 Å². The molecule has 0 aromatic heterocycles. The average Bonchev–Trinajstić information content (AvgIpc) is 2.65. The Morgan fingerprint density at radius 2 is 1.72 bits per heavy atom. The Morgan fingerprint density at radius 1 is 1.04 bits per heavy atom. The molecule has 3 N–H and O–H groups in total. The molecule has 0 aliphatic rings. The quantitative estimate of drug-likeness (QED) is 0.596. The molecule has 0 bridgehead atoms. The molecule has 0 atom stereocenters. The third-order valence-corrected chi connectivity index (χ3v) is 3.83. The topological polar surface area (TPSA) is 78.1 Å². The summed E-state index contributed by atoms with van der Waals surface area (Å²) in [5.41, 5.74) is 8.96. The monoisotopic (exact) mass is 343 g/mol. The van der Waals surface area contributed by atoms with Crippen molar-refractivity contribution in [2.75, 3.05) is 26.6 Å². The number of aryl methyl sites for hydroxylation is 1. The second-order valence-corrected chi connectivity index (χ2v) is 5.39. The van der Waals surface area contributed by atoms with Crippen molar-refractivity contribution in [3.8, 4) is 17.2 Å². The van der Waals surface area contributed by atoms with E-state index < -0.39 is 0 Å². The molecule has 0 aliphatic carbocycles. The number of nitrogens with one attached hydrogen (secondary N) is 1. The standard InChI is InChI=1S/C19H25N3O3/c1-5-13-7-6-8-14(9-13)22-19(20)21-12-16-17(24-3)10-15(23-2)11-18(16)25-4/h6-11H,5,12H2,1-4H3,(H3,20,21,22). The summed E-state index contributed by atoms with van der Waals surface area (Å²) in [7, 11) is 4.79. The first-order chi connectivity index (χ1) is 12.1. The average molecular weight is 343 g/mol. The first-order valence-corrected chi connectivity index (χ1v) is 8.06. The second-order valence-electron chi connectivity index (χ2n) is 5.39. The number of ether oxygens (including phenoxy) is 3. The molecule has 0 aliphatic heterocycles. The Bertz CT molecular complexity index is 719. The molecule has 6 nitrogen and oxygen atoms in total. The highest BCUT2D eigenvalue weighted by Crippen LogP contribution is 2.34. The molecule has 0 spiro atoms. The zero-order valence-corrected chi connectivity index (χ0v) is 15.1. The number of hydrogen-bond acceptors (Lipinski definition) is 4. The van der Waals surface area contributed by atoms with Crippen LogP contribution in [0.2, 0.25) is 0 Å². The van der Waals surface area contributed by atoms with Gasteiger partial charge in [0.15, 0.2) is 5.96 Å². The zero-order valence-electron chi connectivity index (χ0n) is 15.1. The lowest BCUT2D eigenvalue weighted by molar-refractivity contribution is 0.369. The van der Waals surface area contributed by atoms with E-state index in [9.17, 15) is 0 Å². The minimum atomic E-state index is 0.322. The molecule has 6 heteroatoms. The normalized spacial score (nSPS) is 11.1. The third kappa shape index (κ3) is 4.79. The molecule has 2 aromatic carbocycles. The molecule has 0 heterocycles. The maximum Gasteiger partial charge on any atom is 0.193 e. The van der Waals surface area contributed by atoms with E-state index in [4.69, 9.17) is 19.9 Å². The van der Waals surface area contributed by atoms with Crippen molar-refractivity contribution < 1.29 is 14.2 Å². The minimum absolute atomic E-state index is 0.322. The fourth-order valence-electron chi connectivity index (χ4n) is 2.45. The lowest BCUT2D eigenvalue weighted by Crippen LogP contribution is -2.22. The first kappa shape index (κ1) is 18.4. The Balaban J connectivity index is 2.19. The molecule has 25 heavy (non-hydrogen) atoms. The molecular formula is C19H25N3O3. The number of rotatable bonds is 7. The van der Waals surface area contributed by atoms with Gasteiger partial charge in [-0.05, 0) is 24.1 Å². The lowest BCUT2D eigenvalue weighted by Gasteiger charge is -2.14. The van der Waals surface area contributed by atoms with E-state index in [1.165, 1.54) is 5.56 Å². The molecule has 134 valence electrons. The van der Waals surface area contributed by atoms with Crippen molar-refractivity contribution >= 4 is 11.6 Å². The summed E-state index contributed by atoms with van der Waals surface area (Å²) in [5.74, 6) is 2.26. The van der Waals surface area contributed by atoms with E-state index >= 15 is 0 Å². The van der Waals surface area contributed by atoms with Crippen LogP contribution in [0.3, 0.4) is 0 Å². The molecule has 0 unspecified atom stereocenters. The number of guanidine groups is 1. The van der Waals surface area contributed by atoms with Crippen LogP contribution in [0.5, 0.6) is 17.2 Å². The van der Waals surface area contributed by atoms with E-state index in [0.717, 1.165) is 17.7 Å². The van der Waals surface area contributed by atoms with E-state index in [1.54, 1.807) is 33.5 Å². The zero-order chi connectivity index (χ0) is 18.2. The van der Waals surface area contributed by atoms with Crippen molar-refractivity contribution in [3.05, 3.63) is 47.5 Å². The van der Waals surface area contributed by atoms with Crippen LogP contribution < -0.4 is 25.3 Å². The Kier molecular flexibility index (Phi) is 6.51. The van der Waals surface area contributed by atoms with E-state index in [0.29, 0.717) is 29.8 Å². The number of benzene rings is 2. The van der Waals surface area contributed by atoms with E-state index in [1.807, 2.05) is 12.1 Å². The van der Waals surface area contributed by atoms with Crippen LogP contribution in [-0.4, -0.2) is 27.3 Å². The second kappa shape index (κ2) is 8.82. The van der Waals surface area contributed by atoms with Crippen LogP contribution in [0.25, 0.3) is 0 Å². The fourth-order valence-corrected chi connectivity index (χ4v) is 2.45. The molecule has 0 amide bonds. The number of anilines is 1. The molecule has 0 radical (unpaired) electrons. The van der Waals surface area contributed by atoms with Crippen molar-refractivity contribution in [1.29, 1.82) is 0 Å². The molecule has 2 aromatic rings. The first-order valence-electron chi connectivity index (χ1n) is 8.06. The van der Waals surface area contributed by atoms with Gasteiger partial charge in [-0.3, -0.25) is 0 Å². The lowest BCUT2D eigenvalue weighted by atomic mass is 10.1. The Labute approximate surface area is 148 Å². The summed E-state index contributed by atoms with van der Waals surface area (Å²) in [6.07, 6.45) is 0.965. The van der Waals surface area contributed by atoms with Crippen LogP contribution in [0, 0.1) is 0 Å². The van der Waals surface area contributed by atoms with Gasteiger partial charge in [0, 0.05) is 17.8 Å². The fraction of sp³-hybridized carbons (Fsp3) is 0.316. The van der Waals surface area contributed by atoms with Gasteiger partial charge in [0.25, 0.3) is 0 Å². The summed E-state index contributed by atoms with van der Waals surface area (Å²) in [4.78, 5) is 4.40. The van der Waals surface area contributed by atoms with Crippen molar-refractivity contribution in [2.24, 2.45) is 10.7 Å². The highest BCUT2D eigenvalue weighted by Gasteiger charge is 2.13. The third-order valence-electron chi connectivity index (χ3n) is 3.83. The van der Waals surface area contributed by atoms with Gasteiger partial charge in [0.2, 0.25) is 0 Å². The maximum atomic E-state index is 6.02. The van der Waals surface area contributed by atoms with Gasteiger partial charge in [0.05, 0.1) is 33.4 Å². The van der Waals surface area contributed by atoms with E-state index in [-0.39, 0.29) is 0 Å². The van der Waals surface area contributed by atoms with Crippen LogP contribution in [-0.2, 0) is 13.0 Å². The van der Waals surface area contributed by atoms with Crippen LogP contribution in [0.15, 0.2) is 41.4 Å². The minimum Gasteiger partial charge on any atom is -0.496 e. The molecular weight excluding hydrogens is 318 g/mol. The van der Waals surface area contributed by atoms with Gasteiger partial charge < -0.3 is 25.3 Å². The predicted octanol–water partition coefficient (Wildman–Crippen LogP) is 3.20. The summed E-state index contributed by atoms with van der Waals surface area (Å²) >= 11 is 0. The molecule has 0 saturated carbocycles. The SMILES string of the molecule is CCc1cccc(NC(N)=NCc2c(OC)cc(OC)cc2OC)c1. The number of nitrogens with two attached hydrogens (primary N) is 1. The van der Waals surface area contributed by atoms with Crippen LogP contribution in [0.1, 0.15) is 18.1 Å². The smallest absolute Gasteiger partial charge is 0.193 e. The largest absolute Gasteiger partial charge is 0.496 e. The van der Waals surface area contributed by atoms with Crippen molar-refractivity contribution in [1.82, 2.24) is 0 Å². The summed E-state index contributed by atoms with van der Waals surface area (Å²) in [5, 5.41) is 3.11.